The smallest absolute Gasteiger partial charge is 0.243 e. The second-order valence-electron chi connectivity index (χ2n) is 9.98. The van der Waals surface area contributed by atoms with Gasteiger partial charge in [-0.1, -0.05) is 90.7 Å². The Hall–Kier alpha value is -3.47. The summed E-state index contributed by atoms with van der Waals surface area (Å²) in [5, 5.41) is 3.19. The summed E-state index contributed by atoms with van der Waals surface area (Å²) in [5.74, 6) is -0.738. The number of hydrogen-bond donors (Lipinski definition) is 1. The summed E-state index contributed by atoms with van der Waals surface area (Å²) in [6.07, 6.45) is 4.62. The van der Waals surface area contributed by atoms with Crippen molar-refractivity contribution in [1.82, 2.24) is 10.2 Å². The van der Waals surface area contributed by atoms with E-state index in [1.165, 1.54) is 6.07 Å². The molecule has 188 valence electrons. The molecule has 0 unspecified atom stereocenters. The number of halogens is 1. The molecule has 0 aliphatic heterocycles. The minimum absolute atomic E-state index is 0.0336. The van der Waals surface area contributed by atoms with E-state index >= 15 is 0 Å². The molecule has 36 heavy (non-hydrogen) atoms. The Morgan fingerprint density at radius 2 is 1.56 bits per heavy atom. The molecule has 1 saturated carbocycles. The second kappa shape index (κ2) is 12.0. The van der Waals surface area contributed by atoms with E-state index in [0.29, 0.717) is 12.0 Å². The van der Waals surface area contributed by atoms with Crippen molar-refractivity contribution >= 4 is 11.8 Å². The summed E-state index contributed by atoms with van der Waals surface area (Å²) in [6, 6.07) is 21.6. The van der Waals surface area contributed by atoms with E-state index < -0.39 is 6.04 Å². The van der Waals surface area contributed by atoms with Crippen LogP contribution in [-0.2, 0) is 29.0 Å². The summed E-state index contributed by atoms with van der Waals surface area (Å²) in [5.41, 5.74) is 4.42. The van der Waals surface area contributed by atoms with Crippen molar-refractivity contribution in [1.29, 1.82) is 0 Å². The van der Waals surface area contributed by atoms with Gasteiger partial charge in [0.25, 0.3) is 0 Å². The van der Waals surface area contributed by atoms with E-state index in [2.05, 4.69) is 11.4 Å². The van der Waals surface area contributed by atoms with Crippen molar-refractivity contribution in [2.45, 2.75) is 71.0 Å². The third-order valence-corrected chi connectivity index (χ3v) is 6.91. The SMILES string of the molecule is Cc1cc(C)cc(CC(=O)N(Cc2ccccc2F)[C@@H](Cc2ccccc2)C(=O)NC2CCCC2)c1. The van der Waals surface area contributed by atoms with Crippen LogP contribution in [0.25, 0.3) is 0 Å². The first kappa shape index (κ1) is 25.6. The molecule has 0 spiro atoms. The van der Waals surface area contributed by atoms with Crippen molar-refractivity contribution in [2.24, 2.45) is 0 Å². The summed E-state index contributed by atoms with van der Waals surface area (Å²) in [4.78, 5) is 29.1. The lowest BCUT2D eigenvalue weighted by molar-refractivity contribution is -0.141. The van der Waals surface area contributed by atoms with Gasteiger partial charge in [0.2, 0.25) is 11.8 Å². The first-order valence-electron chi connectivity index (χ1n) is 12.8. The molecule has 0 aromatic heterocycles. The molecule has 2 amide bonds. The summed E-state index contributed by atoms with van der Waals surface area (Å²) in [6.45, 7) is 4.04. The van der Waals surface area contributed by atoms with E-state index in [0.717, 1.165) is 47.9 Å². The van der Waals surface area contributed by atoms with Crippen LogP contribution in [0.3, 0.4) is 0 Å². The number of rotatable bonds is 9. The summed E-state index contributed by atoms with van der Waals surface area (Å²) in [7, 11) is 0. The van der Waals surface area contributed by atoms with Gasteiger partial charge < -0.3 is 10.2 Å². The standard InChI is InChI=1S/C31H35FN2O2/c1-22-16-23(2)18-25(17-22)20-30(35)34(21-26-12-6-9-15-28(26)32)29(19-24-10-4-3-5-11-24)31(36)33-27-13-7-8-14-27/h3-6,9-12,15-18,27,29H,7-8,13-14,19-21H2,1-2H3,(H,33,36)/t29-/m0/s1. The van der Waals surface area contributed by atoms with Gasteiger partial charge in [0.1, 0.15) is 11.9 Å². The molecule has 1 aliphatic carbocycles. The van der Waals surface area contributed by atoms with Crippen molar-refractivity contribution in [3.63, 3.8) is 0 Å². The quantitative estimate of drug-likeness (QED) is 0.423. The number of carbonyl (C=O) groups excluding carboxylic acids is 2. The van der Waals surface area contributed by atoms with Crippen LogP contribution in [-0.4, -0.2) is 28.8 Å². The number of nitrogens with zero attached hydrogens (tertiary/aromatic N) is 1. The number of nitrogens with one attached hydrogen (secondary N) is 1. The average molecular weight is 487 g/mol. The van der Waals surface area contributed by atoms with Gasteiger partial charge >= 0.3 is 0 Å². The van der Waals surface area contributed by atoms with E-state index in [9.17, 15) is 14.0 Å². The Labute approximate surface area is 213 Å². The molecule has 0 heterocycles. The molecular formula is C31H35FN2O2. The van der Waals surface area contributed by atoms with E-state index in [4.69, 9.17) is 0 Å². The van der Waals surface area contributed by atoms with Crippen molar-refractivity contribution < 1.29 is 14.0 Å². The lowest BCUT2D eigenvalue weighted by Gasteiger charge is -2.32. The molecule has 3 aromatic carbocycles. The monoisotopic (exact) mass is 486 g/mol. The minimum atomic E-state index is -0.744. The highest BCUT2D eigenvalue weighted by molar-refractivity contribution is 5.89. The molecular weight excluding hydrogens is 451 g/mol. The molecule has 3 aromatic rings. The average Bonchev–Trinajstić information content (AvgIpc) is 3.35. The number of aryl methyl sites for hydroxylation is 2. The minimum Gasteiger partial charge on any atom is -0.352 e. The van der Waals surface area contributed by atoms with Crippen LogP contribution in [0.4, 0.5) is 4.39 Å². The molecule has 0 bridgehead atoms. The topological polar surface area (TPSA) is 49.4 Å². The van der Waals surface area contributed by atoms with Crippen molar-refractivity contribution in [2.75, 3.05) is 0 Å². The third kappa shape index (κ3) is 6.81. The van der Waals surface area contributed by atoms with Crippen molar-refractivity contribution in [3.05, 3.63) is 106 Å². The molecule has 1 N–H and O–H groups in total. The largest absolute Gasteiger partial charge is 0.352 e. The van der Waals surface area contributed by atoms with Crippen LogP contribution in [0.1, 0.15) is 53.5 Å². The van der Waals surface area contributed by atoms with Gasteiger partial charge in [-0.2, -0.15) is 0 Å². The van der Waals surface area contributed by atoms with Crippen LogP contribution in [0.15, 0.2) is 72.8 Å². The van der Waals surface area contributed by atoms with Crippen molar-refractivity contribution in [3.8, 4) is 0 Å². The summed E-state index contributed by atoms with van der Waals surface area (Å²) >= 11 is 0. The van der Waals surface area contributed by atoms with Crippen LogP contribution in [0.2, 0.25) is 0 Å². The Bertz CT molecular complexity index is 1170. The normalized spacial score (nSPS) is 14.4. The highest BCUT2D eigenvalue weighted by atomic mass is 19.1. The predicted octanol–water partition coefficient (Wildman–Crippen LogP) is 5.68. The third-order valence-electron chi connectivity index (χ3n) is 6.91. The maximum atomic E-state index is 14.7. The van der Waals surface area contributed by atoms with Gasteiger partial charge in [-0.25, -0.2) is 4.39 Å². The van der Waals surface area contributed by atoms with Crippen LogP contribution in [0, 0.1) is 19.7 Å². The zero-order chi connectivity index (χ0) is 25.5. The Kier molecular flexibility index (Phi) is 8.52. The number of hydrogen-bond acceptors (Lipinski definition) is 2. The molecule has 0 saturated heterocycles. The second-order valence-corrected chi connectivity index (χ2v) is 9.98. The van der Waals surface area contributed by atoms with Gasteiger partial charge in [0.15, 0.2) is 0 Å². The fraction of sp³-hybridized carbons (Fsp3) is 0.355. The molecule has 1 aliphatic rings. The molecule has 4 rings (SSSR count). The molecule has 1 fully saturated rings. The Balaban J connectivity index is 1.68. The highest BCUT2D eigenvalue weighted by Gasteiger charge is 2.32. The Morgan fingerprint density at radius 3 is 2.22 bits per heavy atom. The first-order valence-corrected chi connectivity index (χ1v) is 12.8. The molecule has 1 atom stereocenters. The van der Waals surface area contributed by atoms with Gasteiger partial charge in [-0.3, -0.25) is 9.59 Å². The van der Waals surface area contributed by atoms with Crippen LogP contribution in [0.5, 0.6) is 0 Å². The lowest BCUT2D eigenvalue weighted by atomic mass is 10.00. The zero-order valence-electron chi connectivity index (χ0n) is 21.2. The maximum Gasteiger partial charge on any atom is 0.243 e. The number of benzene rings is 3. The number of carbonyl (C=O) groups is 2. The van der Waals surface area contributed by atoms with Gasteiger partial charge in [0.05, 0.1) is 6.42 Å². The van der Waals surface area contributed by atoms with E-state index in [1.54, 1.807) is 23.1 Å². The molecule has 5 heteroatoms. The zero-order valence-corrected chi connectivity index (χ0v) is 21.2. The maximum absolute atomic E-state index is 14.7. The summed E-state index contributed by atoms with van der Waals surface area (Å²) < 4.78 is 14.7. The fourth-order valence-electron chi connectivity index (χ4n) is 5.18. The van der Waals surface area contributed by atoms with E-state index in [1.807, 2.05) is 56.3 Å². The van der Waals surface area contributed by atoms with Crippen LogP contribution < -0.4 is 5.32 Å². The van der Waals surface area contributed by atoms with Gasteiger partial charge in [-0.15, -0.1) is 0 Å². The first-order chi connectivity index (χ1) is 17.4. The molecule has 4 nitrogen and oxygen atoms in total. The highest BCUT2D eigenvalue weighted by Crippen LogP contribution is 2.21. The Morgan fingerprint density at radius 1 is 0.917 bits per heavy atom. The van der Waals surface area contributed by atoms with Gasteiger partial charge in [-0.05, 0) is 43.9 Å². The van der Waals surface area contributed by atoms with Gasteiger partial charge in [0, 0.05) is 24.6 Å². The lowest BCUT2D eigenvalue weighted by Crippen LogP contribution is -2.52. The predicted molar refractivity (Wildman–Crippen MR) is 141 cm³/mol. The fourth-order valence-corrected chi connectivity index (χ4v) is 5.18. The molecule has 0 radical (unpaired) electrons. The van der Waals surface area contributed by atoms with Crippen LogP contribution >= 0.6 is 0 Å². The number of amides is 2. The van der Waals surface area contributed by atoms with E-state index in [-0.39, 0.29) is 36.6 Å².